The van der Waals surface area contributed by atoms with Gasteiger partial charge in [-0.05, 0) is 36.8 Å². The molecule has 0 aliphatic heterocycles. The Bertz CT molecular complexity index is 735. The van der Waals surface area contributed by atoms with Gasteiger partial charge in [0.15, 0.2) is 0 Å². The number of halogens is 2. The fourth-order valence-corrected chi connectivity index (χ4v) is 2.48. The molecule has 0 aliphatic rings. The molecule has 0 saturated heterocycles. The summed E-state index contributed by atoms with van der Waals surface area (Å²) in [6, 6.07) is 14.4. The van der Waals surface area contributed by atoms with Crippen molar-refractivity contribution in [1.82, 2.24) is 5.32 Å². The average Bonchev–Trinajstić information content (AvgIpc) is 2.90. The molecule has 0 radical (unpaired) electrons. The van der Waals surface area contributed by atoms with Crippen LogP contribution in [0.2, 0.25) is 5.02 Å². The summed E-state index contributed by atoms with van der Waals surface area (Å²) in [4.78, 5) is 0. The van der Waals surface area contributed by atoms with E-state index in [-0.39, 0.29) is 11.9 Å². The highest BCUT2D eigenvalue weighted by atomic mass is 35.5. The lowest BCUT2D eigenvalue weighted by molar-refractivity contribution is 0.451. The topological polar surface area (TPSA) is 25.2 Å². The Morgan fingerprint density at radius 2 is 2.00 bits per heavy atom. The van der Waals surface area contributed by atoms with Crippen molar-refractivity contribution in [2.75, 3.05) is 0 Å². The standard InChI is InChI=1S/C17H15ClFNO/c1-11(17-8-12-4-2-3-5-16(12)21-17)20-10-13-6-7-14(19)9-15(13)18/h2-9,11,20H,10H2,1H3. The van der Waals surface area contributed by atoms with E-state index >= 15 is 0 Å². The van der Waals surface area contributed by atoms with Crippen LogP contribution < -0.4 is 5.32 Å². The second kappa shape index (κ2) is 5.88. The Kier molecular flexibility index (Phi) is 3.95. The zero-order chi connectivity index (χ0) is 14.8. The first-order valence-corrected chi connectivity index (χ1v) is 7.17. The molecule has 0 aliphatic carbocycles. The maximum atomic E-state index is 13.0. The maximum Gasteiger partial charge on any atom is 0.134 e. The number of rotatable bonds is 4. The molecule has 0 fully saturated rings. The van der Waals surface area contributed by atoms with E-state index in [2.05, 4.69) is 5.32 Å². The summed E-state index contributed by atoms with van der Waals surface area (Å²) in [5, 5.41) is 4.85. The van der Waals surface area contributed by atoms with Crippen molar-refractivity contribution in [1.29, 1.82) is 0 Å². The van der Waals surface area contributed by atoms with E-state index in [9.17, 15) is 4.39 Å². The van der Waals surface area contributed by atoms with Crippen LogP contribution in [-0.2, 0) is 6.54 Å². The highest BCUT2D eigenvalue weighted by Crippen LogP contribution is 2.24. The molecule has 2 aromatic carbocycles. The van der Waals surface area contributed by atoms with Crippen molar-refractivity contribution in [2.45, 2.75) is 19.5 Å². The molecule has 3 rings (SSSR count). The van der Waals surface area contributed by atoms with E-state index in [4.69, 9.17) is 16.0 Å². The van der Waals surface area contributed by atoms with Crippen LogP contribution in [0.3, 0.4) is 0 Å². The zero-order valence-corrected chi connectivity index (χ0v) is 12.3. The highest BCUT2D eigenvalue weighted by Gasteiger charge is 2.11. The van der Waals surface area contributed by atoms with Gasteiger partial charge in [0.1, 0.15) is 17.2 Å². The molecule has 1 unspecified atom stereocenters. The van der Waals surface area contributed by atoms with Crippen LogP contribution in [0.5, 0.6) is 0 Å². The zero-order valence-electron chi connectivity index (χ0n) is 11.6. The van der Waals surface area contributed by atoms with Crippen LogP contribution in [0.4, 0.5) is 4.39 Å². The number of furan rings is 1. The number of hydrogen-bond acceptors (Lipinski definition) is 2. The minimum Gasteiger partial charge on any atom is -0.459 e. The van der Waals surface area contributed by atoms with E-state index in [1.807, 2.05) is 37.3 Å². The molecule has 1 N–H and O–H groups in total. The van der Waals surface area contributed by atoms with Gasteiger partial charge in [0.05, 0.1) is 6.04 Å². The number of fused-ring (bicyclic) bond motifs is 1. The SMILES string of the molecule is CC(NCc1ccc(F)cc1Cl)c1cc2ccccc2o1. The van der Waals surface area contributed by atoms with Gasteiger partial charge >= 0.3 is 0 Å². The number of nitrogens with one attached hydrogen (secondary N) is 1. The minimum absolute atomic E-state index is 0.0403. The van der Waals surface area contributed by atoms with Gasteiger partial charge in [-0.1, -0.05) is 35.9 Å². The molecule has 3 aromatic rings. The molecule has 1 aromatic heterocycles. The van der Waals surface area contributed by atoms with Crippen molar-refractivity contribution < 1.29 is 8.81 Å². The van der Waals surface area contributed by atoms with E-state index in [1.165, 1.54) is 12.1 Å². The lowest BCUT2D eigenvalue weighted by Crippen LogP contribution is -2.17. The predicted octanol–water partition coefficient (Wildman–Crippen LogP) is 5.08. The summed E-state index contributed by atoms with van der Waals surface area (Å²) >= 11 is 6.02. The quantitative estimate of drug-likeness (QED) is 0.727. The summed E-state index contributed by atoms with van der Waals surface area (Å²) < 4.78 is 18.8. The summed E-state index contributed by atoms with van der Waals surface area (Å²) in [5.41, 5.74) is 1.74. The second-order valence-corrected chi connectivity index (χ2v) is 5.43. The summed E-state index contributed by atoms with van der Waals surface area (Å²) in [6.45, 7) is 2.58. The van der Waals surface area contributed by atoms with E-state index in [0.717, 1.165) is 22.3 Å². The van der Waals surface area contributed by atoms with Gasteiger partial charge in [0.25, 0.3) is 0 Å². The lowest BCUT2D eigenvalue weighted by atomic mass is 10.2. The number of para-hydroxylation sites is 1. The number of hydrogen-bond donors (Lipinski definition) is 1. The van der Waals surface area contributed by atoms with Gasteiger partial charge in [-0.25, -0.2) is 4.39 Å². The molecule has 1 heterocycles. The third-order valence-electron chi connectivity index (χ3n) is 3.49. The molecule has 21 heavy (non-hydrogen) atoms. The Morgan fingerprint density at radius 3 is 2.76 bits per heavy atom. The number of benzene rings is 2. The minimum atomic E-state index is -0.325. The smallest absolute Gasteiger partial charge is 0.134 e. The highest BCUT2D eigenvalue weighted by molar-refractivity contribution is 6.31. The van der Waals surface area contributed by atoms with Crippen molar-refractivity contribution in [3.05, 3.63) is 70.7 Å². The second-order valence-electron chi connectivity index (χ2n) is 5.02. The third-order valence-corrected chi connectivity index (χ3v) is 3.84. The van der Waals surface area contributed by atoms with Gasteiger partial charge in [-0.2, -0.15) is 0 Å². The van der Waals surface area contributed by atoms with Crippen molar-refractivity contribution in [2.24, 2.45) is 0 Å². The Labute approximate surface area is 127 Å². The van der Waals surface area contributed by atoms with E-state index in [1.54, 1.807) is 6.07 Å². The van der Waals surface area contributed by atoms with Crippen LogP contribution in [0, 0.1) is 5.82 Å². The van der Waals surface area contributed by atoms with Crippen LogP contribution in [-0.4, -0.2) is 0 Å². The Balaban J connectivity index is 1.72. The summed E-state index contributed by atoms with van der Waals surface area (Å²) in [5.74, 6) is 0.545. The largest absolute Gasteiger partial charge is 0.459 e. The van der Waals surface area contributed by atoms with Gasteiger partial charge in [-0.15, -0.1) is 0 Å². The van der Waals surface area contributed by atoms with E-state index < -0.39 is 0 Å². The van der Waals surface area contributed by atoms with E-state index in [0.29, 0.717) is 11.6 Å². The monoisotopic (exact) mass is 303 g/mol. The maximum absolute atomic E-state index is 13.0. The van der Waals surface area contributed by atoms with Gasteiger partial charge in [0, 0.05) is 17.0 Å². The predicted molar refractivity (Wildman–Crippen MR) is 82.9 cm³/mol. The molecule has 2 nitrogen and oxygen atoms in total. The van der Waals surface area contributed by atoms with Crippen molar-refractivity contribution in [3.8, 4) is 0 Å². The molecular formula is C17H15ClFNO. The van der Waals surface area contributed by atoms with Gasteiger partial charge in [-0.3, -0.25) is 0 Å². The molecule has 0 amide bonds. The normalized spacial score (nSPS) is 12.7. The van der Waals surface area contributed by atoms with Crippen molar-refractivity contribution in [3.63, 3.8) is 0 Å². The van der Waals surface area contributed by atoms with Crippen LogP contribution >= 0.6 is 11.6 Å². The lowest BCUT2D eigenvalue weighted by Gasteiger charge is -2.12. The van der Waals surface area contributed by atoms with Crippen molar-refractivity contribution >= 4 is 22.6 Å². The molecule has 0 saturated carbocycles. The average molecular weight is 304 g/mol. The fraction of sp³-hybridized carbons (Fsp3) is 0.176. The molecule has 0 spiro atoms. The Hall–Kier alpha value is -1.84. The van der Waals surface area contributed by atoms with Gasteiger partial charge < -0.3 is 9.73 Å². The van der Waals surface area contributed by atoms with Crippen LogP contribution in [0.15, 0.2) is 52.9 Å². The Morgan fingerprint density at radius 1 is 1.19 bits per heavy atom. The third kappa shape index (κ3) is 3.09. The first-order valence-electron chi connectivity index (χ1n) is 6.79. The molecule has 4 heteroatoms. The van der Waals surface area contributed by atoms with Crippen LogP contribution in [0.25, 0.3) is 11.0 Å². The molecule has 0 bridgehead atoms. The molecule has 1 atom stereocenters. The summed E-state index contributed by atoms with van der Waals surface area (Å²) in [7, 11) is 0. The molecule has 108 valence electrons. The van der Waals surface area contributed by atoms with Crippen LogP contribution in [0.1, 0.15) is 24.3 Å². The molecular weight excluding hydrogens is 289 g/mol. The van der Waals surface area contributed by atoms with Gasteiger partial charge in [0.2, 0.25) is 0 Å². The summed E-state index contributed by atoms with van der Waals surface area (Å²) in [6.07, 6.45) is 0. The fourth-order valence-electron chi connectivity index (χ4n) is 2.24. The first kappa shape index (κ1) is 14.1. The first-order chi connectivity index (χ1) is 10.1.